The fourth-order valence-electron chi connectivity index (χ4n) is 2.56. The van der Waals surface area contributed by atoms with E-state index >= 15 is 0 Å². The monoisotopic (exact) mass is 226 g/mol. The Kier molecular flexibility index (Phi) is 4.62. The van der Waals surface area contributed by atoms with Crippen LogP contribution in [0.25, 0.3) is 0 Å². The smallest absolute Gasteiger partial charge is 0.0855 e. The maximum Gasteiger partial charge on any atom is 0.0855 e. The second kappa shape index (κ2) is 5.99. The van der Waals surface area contributed by atoms with Crippen molar-refractivity contribution >= 4 is 0 Å². The molecule has 1 saturated carbocycles. The minimum atomic E-state index is 0.400. The third-order valence-electron chi connectivity index (χ3n) is 3.79. The Morgan fingerprint density at radius 1 is 1.44 bits per heavy atom. The molecule has 1 saturated heterocycles. The molecule has 2 unspecified atom stereocenters. The Balaban J connectivity index is 1.78. The van der Waals surface area contributed by atoms with Crippen LogP contribution in [-0.2, 0) is 4.74 Å². The molecule has 3 heteroatoms. The van der Waals surface area contributed by atoms with Crippen LogP contribution < -0.4 is 5.32 Å². The van der Waals surface area contributed by atoms with Crippen molar-refractivity contribution in [2.75, 3.05) is 33.3 Å². The van der Waals surface area contributed by atoms with Gasteiger partial charge in [0.2, 0.25) is 0 Å². The lowest BCUT2D eigenvalue weighted by atomic mass is 10.0. The largest absolute Gasteiger partial charge is 0.374 e. The second-order valence-electron chi connectivity index (χ2n) is 5.36. The lowest BCUT2D eigenvalue weighted by Gasteiger charge is -2.35. The van der Waals surface area contributed by atoms with Crippen LogP contribution in [0.4, 0.5) is 0 Å². The topological polar surface area (TPSA) is 24.5 Å². The summed E-state index contributed by atoms with van der Waals surface area (Å²) >= 11 is 0. The number of nitrogens with one attached hydrogen (secondary N) is 1. The molecule has 0 aromatic heterocycles. The quantitative estimate of drug-likeness (QED) is 0.742. The van der Waals surface area contributed by atoms with E-state index in [-0.39, 0.29) is 0 Å². The first-order chi connectivity index (χ1) is 7.79. The van der Waals surface area contributed by atoms with Crippen LogP contribution in [0.5, 0.6) is 0 Å². The van der Waals surface area contributed by atoms with Gasteiger partial charge in [-0.3, -0.25) is 0 Å². The molecule has 0 spiro atoms. The summed E-state index contributed by atoms with van der Waals surface area (Å²) in [6.07, 6.45) is 6.00. The van der Waals surface area contributed by atoms with Gasteiger partial charge >= 0.3 is 0 Å². The van der Waals surface area contributed by atoms with E-state index < -0.39 is 0 Å². The number of rotatable bonds is 6. The summed E-state index contributed by atoms with van der Waals surface area (Å²) in [7, 11) is 2.19. The van der Waals surface area contributed by atoms with E-state index in [0.29, 0.717) is 12.1 Å². The molecule has 3 nitrogen and oxygen atoms in total. The standard InChI is InChI=1S/C13H26N2O/c1-3-14-12(7-6-11-4-5-11)13-10-15(2)8-9-16-13/h11-14H,3-10H2,1-2H3. The Morgan fingerprint density at radius 3 is 2.88 bits per heavy atom. The van der Waals surface area contributed by atoms with Crippen molar-refractivity contribution in [1.29, 1.82) is 0 Å². The average molecular weight is 226 g/mol. The number of morpholine rings is 1. The molecule has 1 heterocycles. The molecule has 16 heavy (non-hydrogen) atoms. The number of likely N-dealkylation sites (N-methyl/N-ethyl adjacent to an activating group) is 2. The fraction of sp³-hybridized carbons (Fsp3) is 1.00. The van der Waals surface area contributed by atoms with Crippen molar-refractivity contribution in [3.05, 3.63) is 0 Å². The normalized spacial score (nSPS) is 29.2. The van der Waals surface area contributed by atoms with E-state index in [1.807, 2.05) is 0 Å². The lowest BCUT2D eigenvalue weighted by molar-refractivity contribution is -0.0401. The van der Waals surface area contributed by atoms with Gasteiger partial charge in [0.25, 0.3) is 0 Å². The predicted octanol–water partition coefficient (Wildman–Crippen LogP) is 1.49. The van der Waals surface area contributed by atoms with Crippen molar-refractivity contribution in [3.63, 3.8) is 0 Å². The Hall–Kier alpha value is -0.120. The van der Waals surface area contributed by atoms with E-state index in [2.05, 4.69) is 24.2 Å². The predicted molar refractivity (Wildman–Crippen MR) is 66.7 cm³/mol. The van der Waals surface area contributed by atoms with Gasteiger partial charge in [-0.05, 0) is 32.4 Å². The van der Waals surface area contributed by atoms with Gasteiger partial charge in [-0.15, -0.1) is 0 Å². The molecule has 2 atom stereocenters. The summed E-state index contributed by atoms with van der Waals surface area (Å²) in [6, 6.07) is 0.563. The molecule has 0 aromatic carbocycles. The highest BCUT2D eigenvalue weighted by molar-refractivity contribution is 4.84. The summed E-state index contributed by atoms with van der Waals surface area (Å²) < 4.78 is 5.91. The third-order valence-corrected chi connectivity index (χ3v) is 3.79. The summed E-state index contributed by atoms with van der Waals surface area (Å²) in [4.78, 5) is 2.38. The number of nitrogens with zero attached hydrogens (tertiary/aromatic N) is 1. The summed E-state index contributed by atoms with van der Waals surface area (Å²) in [6.45, 7) is 6.31. The van der Waals surface area contributed by atoms with E-state index in [0.717, 1.165) is 32.2 Å². The van der Waals surface area contributed by atoms with Crippen LogP contribution in [0.1, 0.15) is 32.6 Å². The zero-order valence-electron chi connectivity index (χ0n) is 10.7. The molecule has 0 amide bonds. The molecule has 0 radical (unpaired) electrons. The fourth-order valence-corrected chi connectivity index (χ4v) is 2.56. The molecule has 94 valence electrons. The summed E-state index contributed by atoms with van der Waals surface area (Å²) in [5.74, 6) is 1.03. The van der Waals surface area contributed by atoms with Crippen molar-refractivity contribution in [2.24, 2.45) is 5.92 Å². The molecule has 2 aliphatic rings. The molecule has 1 N–H and O–H groups in total. The minimum absolute atomic E-state index is 0.400. The third kappa shape index (κ3) is 3.72. The Bertz CT molecular complexity index is 206. The van der Waals surface area contributed by atoms with E-state index in [1.165, 1.54) is 25.7 Å². The van der Waals surface area contributed by atoms with Crippen molar-refractivity contribution in [3.8, 4) is 0 Å². The molecule has 1 aliphatic carbocycles. The number of hydrogen-bond donors (Lipinski definition) is 1. The van der Waals surface area contributed by atoms with Gasteiger partial charge < -0.3 is 15.0 Å². The molecule has 0 aromatic rings. The molecular formula is C13H26N2O. The molecule has 0 bridgehead atoms. The highest BCUT2D eigenvalue weighted by Gasteiger charge is 2.28. The van der Waals surface area contributed by atoms with E-state index in [1.54, 1.807) is 0 Å². The van der Waals surface area contributed by atoms with E-state index in [4.69, 9.17) is 4.74 Å². The highest BCUT2D eigenvalue weighted by Crippen LogP contribution is 2.34. The van der Waals surface area contributed by atoms with Crippen molar-refractivity contribution in [1.82, 2.24) is 10.2 Å². The lowest BCUT2D eigenvalue weighted by Crippen LogP contribution is -2.51. The number of hydrogen-bond acceptors (Lipinski definition) is 3. The maximum atomic E-state index is 5.91. The average Bonchev–Trinajstić information content (AvgIpc) is 3.08. The zero-order chi connectivity index (χ0) is 11.4. The molecular weight excluding hydrogens is 200 g/mol. The second-order valence-corrected chi connectivity index (χ2v) is 5.36. The Labute approximate surface area is 99.5 Å². The zero-order valence-corrected chi connectivity index (χ0v) is 10.7. The van der Waals surface area contributed by atoms with Gasteiger partial charge in [0, 0.05) is 19.1 Å². The first-order valence-electron chi connectivity index (χ1n) is 6.83. The van der Waals surface area contributed by atoms with Gasteiger partial charge in [0.1, 0.15) is 0 Å². The first kappa shape index (κ1) is 12.3. The van der Waals surface area contributed by atoms with Crippen LogP contribution in [0.2, 0.25) is 0 Å². The van der Waals surface area contributed by atoms with Gasteiger partial charge in [-0.2, -0.15) is 0 Å². The van der Waals surface area contributed by atoms with Crippen LogP contribution in [-0.4, -0.2) is 50.3 Å². The molecule has 2 rings (SSSR count). The Morgan fingerprint density at radius 2 is 2.25 bits per heavy atom. The van der Waals surface area contributed by atoms with Crippen molar-refractivity contribution in [2.45, 2.75) is 44.8 Å². The van der Waals surface area contributed by atoms with Crippen molar-refractivity contribution < 1.29 is 4.74 Å². The van der Waals surface area contributed by atoms with Crippen LogP contribution >= 0.6 is 0 Å². The first-order valence-corrected chi connectivity index (χ1v) is 6.83. The van der Waals surface area contributed by atoms with Gasteiger partial charge in [-0.1, -0.05) is 19.8 Å². The molecule has 1 aliphatic heterocycles. The van der Waals surface area contributed by atoms with Crippen LogP contribution in [0.15, 0.2) is 0 Å². The van der Waals surface area contributed by atoms with Crippen LogP contribution in [0.3, 0.4) is 0 Å². The van der Waals surface area contributed by atoms with Gasteiger partial charge in [0.05, 0.1) is 12.7 Å². The SMILES string of the molecule is CCNC(CCC1CC1)C1CN(C)CCO1. The summed E-state index contributed by atoms with van der Waals surface area (Å²) in [5.41, 5.74) is 0. The van der Waals surface area contributed by atoms with Gasteiger partial charge in [-0.25, -0.2) is 0 Å². The molecule has 2 fully saturated rings. The summed E-state index contributed by atoms with van der Waals surface area (Å²) in [5, 5.41) is 3.60. The van der Waals surface area contributed by atoms with Crippen LogP contribution in [0, 0.1) is 5.92 Å². The van der Waals surface area contributed by atoms with E-state index in [9.17, 15) is 0 Å². The highest BCUT2D eigenvalue weighted by atomic mass is 16.5. The number of ether oxygens (including phenoxy) is 1. The van der Waals surface area contributed by atoms with Gasteiger partial charge in [0.15, 0.2) is 0 Å². The minimum Gasteiger partial charge on any atom is -0.374 e. The maximum absolute atomic E-state index is 5.91.